The van der Waals surface area contributed by atoms with Crippen molar-refractivity contribution in [3.05, 3.63) is 71.1 Å². The van der Waals surface area contributed by atoms with Crippen molar-refractivity contribution in [3.8, 4) is 0 Å². The molecule has 1 radical (unpaired) electrons. The largest absolute Gasteiger partial charge is 0.303 e. The van der Waals surface area contributed by atoms with Gasteiger partial charge in [-0.25, -0.2) is 0 Å². The highest BCUT2D eigenvalue weighted by Crippen LogP contribution is 2.66. The summed E-state index contributed by atoms with van der Waals surface area (Å²) in [6.07, 6.45) is 4.04. The molecule has 1 unspecified atom stereocenters. The van der Waals surface area contributed by atoms with Gasteiger partial charge in [0.2, 0.25) is 0 Å². The van der Waals surface area contributed by atoms with Crippen LogP contribution in [0.3, 0.4) is 0 Å². The van der Waals surface area contributed by atoms with Crippen molar-refractivity contribution in [1.29, 1.82) is 0 Å². The number of nitrogens with zero attached hydrogens (tertiary/aromatic N) is 2. The molecule has 4 rings (SSSR count). The van der Waals surface area contributed by atoms with Gasteiger partial charge in [-0.3, -0.25) is 9.11 Å². The van der Waals surface area contributed by atoms with E-state index in [0.29, 0.717) is 9.92 Å². The molecule has 0 amide bonds. The normalized spacial score (nSPS) is 24.7. The molecule has 2 aliphatic heterocycles. The Hall–Kier alpha value is -1.08. The van der Waals surface area contributed by atoms with Gasteiger partial charge in [-0.05, 0) is 61.7 Å². The lowest BCUT2D eigenvalue weighted by Crippen LogP contribution is -2.45. The van der Waals surface area contributed by atoms with E-state index in [4.69, 9.17) is 11.6 Å². The van der Waals surface area contributed by atoms with Crippen molar-refractivity contribution in [2.75, 3.05) is 19.6 Å². The monoisotopic (exact) mass is 405 g/mol. The predicted molar refractivity (Wildman–Crippen MR) is 112 cm³/mol. The fraction of sp³-hybridized carbons (Fsp3) is 0.381. The molecule has 1 atom stereocenters. The molecule has 4 nitrogen and oxygen atoms in total. The van der Waals surface area contributed by atoms with Crippen LogP contribution in [-0.4, -0.2) is 44.0 Å². The van der Waals surface area contributed by atoms with Crippen molar-refractivity contribution >= 4 is 22.4 Å². The molecule has 2 aromatic carbocycles. The Morgan fingerprint density at radius 1 is 1.07 bits per heavy atom. The summed E-state index contributed by atoms with van der Waals surface area (Å²) in [6.45, 7) is 5.02. The van der Waals surface area contributed by atoms with E-state index >= 15 is 0 Å². The van der Waals surface area contributed by atoms with Crippen LogP contribution in [0.15, 0.2) is 53.4 Å². The number of halogens is 1. The van der Waals surface area contributed by atoms with E-state index in [9.17, 15) is 9.11 Å². The maximum absolute atomic E-state index is 11.2. The average Bonchev–Trinajstić information content (AvgIpc) is 2.91. The van der Waals surface area contributed by atoms with Gasteiger partial charge in [-0.2, -0.15) is 4.31 Å². The average molecular weight is 406 g/mol. The zero-order valence-corrected chi connectivity index (χ0v) is 17.0. The summed E-state index contributed by atoms with van der Waals surface area (Å²) < 4.78 is 24.4. The van der Waals surface area contributed by atoms with E-state index in [1.54, 1.807) is 0 Å². The molecule has 1 saturated heterocycles. The summed E-state index contributed by atoms with van der Waals surface area (Å²) >= 11 is 6.09. The third-order valence-corrected chi connectivity index (χ3v) is 7.91. The molecular weight excluding hydrogens is 380 g/mol. The second-order valence-electron chi connectivity index (χ2n) is 7.31. The van der Waals surface area contributed by atoms with Gasteiger partial charge in [-0.15, -0.1) is 10.8 Å². The number of hydrogen-bond acceptors (Lipinski definition) is 4. The van der Waals surface area contributed by atoms with E-state index in [2.05, 4.69) is 18.2 Å². The molecule has 0 bridgehead atoms. The highest BCUT2D eigenvalue weighted by atomic mass is 35.5. The van der Waals surface area contributed by atoms with Crippen molar-refractivity contribution in [1.82, 2.24) is 9.21 Å². The first-order valence-electron chi connectivity index (χ1n) is 9.43. The van der Waals surface area contributed by atoms with Gasteiger partial charge in [0.15, 0.2) is 0 Å². The van der Waals surface area contributed by atoms with Crippen molar-refractivity contribution in [2.45, 2.75) is 36.7 Å². The molecule has 0 aliphatic carbocycles. The number of benzene rings is 2. The molecule has 2 aliphatic rings. The Balaban J connectivity index is 1.71. The van der Waals surface area contributed by atoms with E-state index in [-0.39, 0.29) is 12.1 Å². The molecule has 27 heavy (non-hydrogen) atoms. The second kappa shape index (κ2) is 7.74. The lowest BCUT2D eigenvalue weighted by molar-refractivity contribution is 0.148. The van der Waals surface area contributed by atoms with Gasteiger partial charge in [0.05, 0.1) is 10.9 Å². The van der Waals surface area contributed by atoms with Gasteiger partial charge in [0.1, 0.15) is 0 Å². The molecule has 0 aromatic heterocycles. The number of piperidine rings is 1. The van der Waals surface area contributed by atoms with Crippen molar-refractivity contribution < 1.29 is 9.11 Å². The summed E-state index contributed by atoms with van der Waals surface area (Å²) in [5, 5.41) is 0.687. The first-order chi connectivity index (χ1) is 13.0. The van der Waals surface area contributed by atoms with Crippen LogP contribution < -0.4 is 0 Å². The molecule has 2 aromatic rings. The van der Waals surface area contributed by atoms with Gasteiger partial charge in [0, 0.05) is 17.6 Å². The summed E-state index contributed by atoms with van der Waals surface area (Å²) in [5.41, 5.74) is 2.04. The van der Waals surface area contributed by atoms with E-state index < -0.39 is 10.8 Å². The number of rotatable bonds is 4. The van der Waals surface area contributed by atoms with Gasteiger partial charge < -0.3 is 4.90 Å². The molecular formula is C21H26ClN2O2S. The smallest absolute Gasteiger partial charge is 0.0815 e. The van der Waals surface area contributed by atoms with Crippen molar-refractivity contribution in [3.63, 3.8) is 0 Å². The maximum Gasteiger partial charge on any atom is 0.0815 e. The molecule has 2 heterocycles. The minimum atomic E-state index is -3.01. The van der Waals surface area contributed by atoms with Crippen LogP contribution in [0.1, 0.15) is 36.9 Å². The van der Waals surface area contributed by atoms with Crippen LogP contribution in [0, 0.1) is 6.42 Å². The molecule has 6 heteroatoms. The Bertz CT molecular complexity index is 791. The lowest BCUT2D eigenvalue weighted by atomic mass is 9.95. The predicted octanol–water partition coefficient (Wildman–Crippen LogP) is 5.46. The summed E-state index contributed by atoms with van der Waals surface area (Å²) in [5.74, 6) is 0. The highest BCUT2D eigenvalue weighted by molar-refractivity contribution is 8.22. The summed E-state index contributed by atoms with van der Waals surface area (Å²) in [6, 6.07) is 15.5. The van der Waals surface area contributed by atoms with Gasteiger partial charge in [-0.1, -0.05) is 48.9 Å². The molecule has 145 valence electrons. The maximum atomic E-state index is 11.2. The highest BCUT2D eigenvalue weighted by Gasteiger charge is 2.47. The summed E-state index contributed by atoms with van der Waals surface area (Å²) in [7, 11) is -3.01. The quantitative estimate of drug-likeness (QED) is 0.709. The van der Waals surface area contributed by atoms with Crippen LogP contribution in [0.4, 0.5) is 0 Å². The number of likely N-dealkylation sites (tertiary alicyclic amines) is 1. The first kappa shape index (κ1) is 19.2. The first-order valence-corrected chi connectivity index (χ1v) is 11.3. The Morgan fingerprint density at radius 2 is 1.74 bits per heavy atom. The molecule has 1 fully saturated rings. The lowest BCUT2D eigenvalue weighted by Gasteiger charge is -2.47. The number of fused-ring (bicyclic) bond motifs is 1. The van der Waals surface area contributed by atoms with Gasteiger partial charge >= 0.3 is 0 Å². The minimum absolute atomic E-state index is 0.135. The second-order valence-corrected chi connectivity index (χ2v) is 9.65. The third-order valence-electron chi connectivity index (χ3n) is 5.60. The van der Waals surface area contributed by atoms with E-state index in [1.807, 2.05) is 52.8 Å². The van der Waals surface area contributed by atoms with E-state index in [0.717, 1.165) is 43.6 Å². The zero-order valence-electron chi connectivity index (χ0n) is 15.5. The van der Waals surface area contributed by atoms with Crippen LogP contribution in [0.5, 0.6) is 0 Å². The van der Waals surface area contributed by atoms with Gasteiger partial charge in [0.25, 0.3) is 0 Å². The van der Waals surface area contributed by atoms with Crippen LogP contribution in [0.2, 0.25) is 5.02 Å². The Morgan fingerprint density at radius 3 is 2.41 bits per heavy atom. The molecule has 0 saturated carbocycles. The minimum Gasteiger partial charge on any atom is -0.303 e. The number of hydrogen-bond donors (Lipinski definition) is 2. The zero-order chi connectivity index (χ0) is 19.0. The molecule has 0 spiro atoms. The topological polar surface area (TPSA) is 46.9 Å². The van der Waals surface area contributed by atoms with Crippen LogP contribution >= 0.6 is 22.4 Å². The summed E-state index contributed by atoms with van der Waals surface area (Å²) in [4.78, 5) is 3.08. The standard InChI is InChI=1S/C21H26ClN2O2S/c1-2-13-23-14-11-18(12-15-23)24-21(16-7-9-17(22)10-8-16)19-5-3-4-6-20(19)27(24,25)26/h2-10,18,21,25-26H,11-15H2,1H3. The third kappa shape index (κ3) is 3.53. The van der Waals surface area contributed by atoms with Crippen molar-refractivity contribution in [2.24, 2.45) is 0 Å². The fourth-order valence-electron chi connectivity index (χ4n) is 4.36. The SMILES string of the molecule is C[CH]CN1CCC(N2C(c3ccc(Cl)cc3)c3ccccc3S2(O)O)CC1. The Labute approximate surface area is 168 Å². The van der Waals surface area contributed by atoms with E-state index in [1.165, 1.54) is 0 Å². The van der Waals surface area contributed by atoms with Crippen LogP contribution in [0.25, 0.3) is 0 Å². The fourth-order valence-corrected chi connectivity index (χ4v) is 6.62. The van der Waals surface area contributed by atoms with Crippen LogP contribution in [-0.2, 0) is 0 Å². The molecule has 2 N–H and O–H groups in total. The Kier molecular flexibility index (Phi) is 5.52.